The summed E-state index contributed by atoms with van der Waals surface area (Å²) in [5, 5.41) is 18.3. The maximum absolute atomic E-state index is 13.3. The Morgan fingerprint density at radius 2 is 1.65 bits per heavy atom. The van der Waals surface area contributed by atoms with Crippen molar-refractivity contribution in [3.8, 4) is 11.8 Å². The highest BCUT2D eigenvalue weighted by Gasteiger charge is 2.43. The van der Waals surface area contributed by atoms with Crippen molar-refractivity contribution in [2.24, 2.45) is 17.8 Å². The number of halogens is 1. The maximum atomic E-state index is 13.3. The third-order valence-electron chi connectivity index (χ3n) is 9.71. The maximum Gasteiger partial charge on any atom is 0.410 e. The fraction of sp³-hybridized carbons (Fsp3) is 0.618. The van der Waals surface area contributed by atoms with Crippen molar-refractivity contribution in [3.63, 3.8) is 0 Å². The van der Waals surface area contributed by atoms with Crippen molar-refractivity contribution in [3.05, 3.63) is 46.6 Å². The fourth-order valence-electron chi connectivity index (χ4n) is 7.28. The molecular formula is C34H44ClN7O4. The van der Waals surface area contributed by atoms with Crippen molar-refractivity contribution in [1.82, 2.24) is 24.9 Å². The molecule has 4 aliphatic rings. The number of aromatic nitrogens is 2. The molecule has 246 valence electrons. The van der Waals surface area contributed by atoms with E-state index in [-0.39, 0.29) is 18.1 Å². The van der Waals surface area contributed by atoms with E-state index >= 15 is 0 Å². The van der Waals surface area contributed by atoms with Crippen molar-refractivity contribution in [1.29, 1.82) is 5.26 Å². The minimum absolute atomic E-state index is 0.0599. The number of nitriles is 1. The van der Waals surface area contributed by atoms with E-state index in [0.717, 1.165) is 64.2 Å². The number of amides is 2. The number of carbonyl (C=O) groups is 2. The summed E-state index contributed by atoms with van der Waals surface area (Å²) in [7, 11) is 0. The molecule has 0 bridgehead atoms. The number of ether oxygens (including phenoxy) is 2. The quantitative estimate of drug-likeness (QED) is 0.439. The molecule has 1 saturated carbocycles. The molecule has 2 amide bonds. The Kier molecular flexibility index (Phi) is 9.57. The Hall–Kier alpha value is -3.62. The number of fused-ring (bicyclic) bond motifs is 1. The molecule has 0 spiro atoms. The summed E-state index contributed by atoms with van der Waals surface area (Å²) in [6.45, 7) is 13.1. The Bertz CT molecular complexity index is 1430. The second-order valence-electron chi connectivity index (χ2n) is 14.2. The first kappa shape index (κ1) is 32.3. The van der Waals surface area contributed by atoms with Crippen LogP contribution in [0.25, 0.3) is 0 Å². The van der Waals surface area contributed by atoms with Gasteiger partial charge in [0, 0.05) is 65.0 Å². The zero-order valence-electron chi connectivity index (χ0n) is 27.0. The SMILES string of the molecule is CC(C)(C)OC(=O)N1CCN(CC2CCN(c3ccc(C(=O)N4C[C@H]5CC(Oc6ccc(C#N)c(Cl)c6)C[C@H]5C4)nn3)CC2)CC1. The molecule has 1 unspecified atom stereocenters. The molecule has 1 aromatic heterocycles. The molecule has 3 aliphatic heterocycles. The average Bonchev–Trinajstić information content (AvgIpc) is 3.60. The second-order valence-corrected chi connectivity index (χ2v) is 14.6. The van der Waals surface area contributed by atoms with Crippen LogP contribution in [0.15, 0.2) is 30.3 Å². The van der Waals surface area contributed by atoms with Crippen molar-refractivity contribution >= 4 is 29.4 Å². The molecule has 3 saturated heterocycles. The molecule has 4 heterocycles. The van der Waals surface area contributed by atoms with Gasteiger partial charge in [0.25, 0.3) is 5.91 Å². The monoisotopic (exact) mass is 649 g/mol. The van der Waals surface area contributed by atoms with Crippen LogP contribution in [0.5, 0.6) is 5.75 Å². The average molecular weight is 650 g/mol. The Balaban J connectivity index is 0.918. The van der Waals surface area contributed by atoms with Crippen LogP contribution in [0.2, 0.25) is 5.02 Å². The first-order valence-corrected chi connectivity index (χ1v) is 16.9. The van der Waals surface area contributed by atoms with Gasteiger partial charge in [0.05, 0.1) is 16.7 Å². The van der Waals surface area contributed by atoms with Gasteiger partial charge in [-0.2, -0.15) is 5.26 Å². The lowest BCUT2D eigenvalue weighted by molar-refractivity contribution is 0.0130. The topological polar surface area (TPSA) is 115 Å². The number of piperazine rings is 1. The number of likely N-dealkylation sites (tertiary alicyclic amines) is 1. The lowest BCUT2D eigenvalue weighted by atomic mass is 9.96. The first-order chi connectivity index (χ1) is 22.0. The molecule has 4 fully saturated rings. The van der Waals surface area contributed by atoms with Crippen LogP contribution in [-0.2, 0) is 4.74 Å². The van der Waals surface area contributed by atoms with Gasteiger partial charge in [-0.25, -0.2) is 4.79 Å². The van der Waals surface area contributed by atoms with Crippen LogP contribution < -0.4 is 9.64 Å². The number of benzene rings is 1. The van der Waals surface area contributed by atoms with Crippen LogP contribution >= 0.6 is 11.6 Å². The highest BCUT2D eigenvalue weighted by molar-refractivity contribution is 6.31. The lowest BCUT2D eigenvalue weighted by Crippen LogP contribution is -2.51. The van der Waals surface area contributed by atoms with Gasteiger partial charge in [0.2, 0.25) is 0 Å². The molecule has 1 aliphatic carbocycles. The number of hydrogen-bond acceptors (Lipinski definition) is 9. The third kappa shape index (κ3) is 7.67. The smallest absolute Gasteiger partial charge is 0.410 e. The van der Waals surface area contributed by atoms with E-state index < -0.39 is 5.60 Å². The van der Waals surface area contributed by atoms with E-state index in [0.29, 0.717) is 66.0 Å². The third-order valence-corrected chi connectivity index (χ3v) is 10.0. The number of rotatable bonds is 6. The first-order valence-electron chi connectivity index (χ1n) is 16.5. The number of nitrogens with zero attached hydrogens (tertiary/aromatic N) is 7. The number of anilines is 1. The standard InChI is InChI=1S/C34H44ClN7O4/c1-34(2,3)46-33(44)41-14-12-39(13-15-41)20-23-8-10-40(11-9-23)31-7-6-30(37-38-31)32(43)42-21-25-16-28(17-26(25)22-42)45-27-5-4-24(19-36)29(35)18-27/h4-7,18,23,25-26,28H,8-17,20-22H2,1-3H3/t25-,26+,28?. The van der Waals surface area contributed by atoms with Crippen LogP contribution in [-0.4, -0.2) is 108 Å². The molecular weight excluding hydrogens is 606 g/mol. The van der Waals surface area contributed by atoms with E-state index in [9.17, 15) is 9.59 Å². The van der Waals surface area contributed by atoms with E-state index in [1.54, 1.807) is 18.2 Å². The molecule has 0 N–H and O–H groups in total. The van der Waals surface area contributed by atoms with Gasteiger partial charge in [-0.3, -0.25) is 9.69 Å². The molecule has 2 aromatic rings. The van der Waals surface area contributed by atoms with E-state index in [4.69, 9.17) is 26.3 Å². The normalized spacial score (nSPS) is 24.1. The van der Waals surface area contributed by atoms with Crippen molar-refractivity contribution in [2.75, 3.05) is 63.8 Å². The van der Waals surface area contributed by atoms with E-state index in [1.165, 1.54) is 0 Å². The minimum atomic E-state index is -0.469. The summed E-state index contributed by atoms with van der Waals surface area (Å²) in [6, 6.07) is 11.0. The second kappa shape index (κ2) is 13.6. The zero-order chi connectivity index (χ0) is 32.4. The number of hydrogen-bond donors (Lipinski definition) is 0. The number of piperidine rings is 1. The summed E-state index contributed by atoms with van der Waals surface area (Å²) in [4.78, 5) is 34.1. The Labute approximate surface area is 276 Å². The molecule has 46 heavy (non-hydrogen) atoms. The van der Waals surface area contributed by atoms with Gasteiger partial charge in [-0.1, -0.05) is 11.6 Å². The summed E-state index contributed by atoms with van der Waals surface area (Å²) >= 11 is 6.17. The minimum Gasteiger partial charge on any atom is -0.490 e. The van der Waals surface area contributed by atoms with Gasteiger partial charge in [0.1, 0.15) is 17.4 Å². The Morgan fingerprint density at radius 1 is 0.957 bits per heavy atom. The van der Waals surface area contributed by atoms with Crippen LogP contribution in [0, 0.1) is 29.1 Å². The summed E-state index contributed by atoms with van der Waals surface area (Å²) in [5.74, 6) is 2.84. The molecule has 0 radical (unpaired) electrons. The molecule has 12 heteroatoms. The zero-order valence-corrected chi connectivity index (χ0v) is 27.8. The molecule has 1 aromatic carbocycles. The van der Waals surface area contributed by atoms with Crippen LogP contribution in [0.1, 0.15) is 62.5 Å². The van der Waals surface area contributed by atoms with Gasteiger partial charge in [-0.15, -0.1) is 10.2 Å². The van der Waals surface area contributed by atoms with Crippen LogP contribution in [0.4, 0.5) is 10.6 Å². The van der Waals surface area contributed by atoms with Gasteiger partial charge >= 0.3 is 6.09 Å². The Morgan fingerprint density at radius 3 is 2.24 bits per heavy atom. The highest BCUT2D eigenvalue weighted by atomic mass is 35.5. The summed E-state index contributed by atoms with van der Waals surface area (Å²) in [6.07, 6.45) is 3.78. The molecule has 6 rings (SSSR count). The van der Waals surface area contributed by atoms with Crippen LogP contribution in [0.3, 0.4) is 0 Å². The van der Waals surface area contributed by atoms with Crippen molar-refractivity contribution in [2.45, 2.75) is 58.2 Å². The summed E-state index contributed by atoms with van der Waals surface area (Å²) in [5.41, 5.74) is 0.361. The lowest BCUT2D eigenvalue weighted by Gasteiger charge is -2.39. The van der Waals surface area contributed by atoms with Gasteiger partial charge in [0.15, 0.2) is 11.5 Å². The fourth-order valence-corrected chi connectivity index (χ4v) is 7.49. The van der Waals surface area contributed by atoms with E-state index in [2.05, 4.69) is 26.1 Å². The van der Waals surface area contributed by atoms with E-state index in [1.807, 2.05) is 42.7 Å². The largest absolute Gasteiger partial charge is 0.490 e. The predicted molar refractivity (Wildman–Crippen MR) is 174 cm³/mol. The highest BCUT2D eigenvalue weighted by Crippen LogP contribution is 2.40. The molecule has 3 atom stereocenters. The summed E-state index contributed by atoms with van der Waals surface area (Å²) < 4.78 is 11.7. The van der Waals surface area contributed by atoms with Gasteiger partial charge < -0.3 is 24.2 Å². The van der Waals surface area contributed by atoms with Crippen molar-refractivity contribution < 1.29 is 19.1 Å². The molecule has 11 nitrogen and oxygen atoms in total. The number of carbonyl (C=O) groups excluding carboxylic acids is 2. The predicted octanol–water partition coefficient (Wildman–Crippen LogP) is 4.70. The van der Waals surface area contributed by atoms with Gasteiger partial charge in [-0.05, 0) is 88.5 Å².